The molecule has 0 saturated carbocycles. The molecule has 1 aromatic carbocycles. The SMILES string of the molecule is O=C(O)NCc1nonc1C(=NO)Nc1ccc(F)c(Cl)c1. The summed E-state index contributed by atoms with van der Waals surface area (Å²) in [5, 5.41) is 32.2. The summed E-state index contributed by atoms with van der Waals surface area (Å²) in [5.41, 5.74) is 0.395. The third-order valence-electron chi connectivity index (χ3n) is 2.47. The van der Waals surface area contributed by atoms with Gasteiger partial charge in [-0.05, 0) is 23.4 Å². The second kappa shape index (κ2) is 6.72. The molecule has 11 heteroatoms. The van der Waals surface area contributed by atoms with Crippen LogP contribution in [-0.4, -0.2) is 32.6 Å². The van der Waals surface area contributed by atoms with Crippen LogP contribution < -0.4 is 10.6 Å². The Kier molecular flexibility index (Phi) is 4.73. The maximum Gasteiger partial charge on any atom is 0.404 e. The van der Waals surface area contributed by atoms with Crippen LogP contribution in [0.25, 0.3) is 0 Å². The molecule has 2 rings (SSSR count). The van der Waals surface area contributed by atoms with Gasteiger partial charge in [0.15, 0.2) is 5.69 Å². The van der Waals surface area contributed by atoms with Gasteiger partial charge in [-0.15, -0.1) is 0 Å². The summed E-state index contributed by atoms with van der Waals surface area (Å²) in [5.74, 6) is -0.782. The molecule has 22 heavy (non-hydrogen) atoms. The number of rotatable bonds is 4. The first kappa shape index (κ1) is 15.5. The number of hydrogen-bond donors (Lipinski definition) is 4. The molecule has 0 aliphatic rings. The number of nitrogens with zero attached hydrogens (tertiary/aromatic N) is 3. The Morgan fingerprint density at radius 1 is 1.45 bits per heavy atom. The van der Waals surface area contributed by atoms with Gasteiger partial charge in [-0.2, -0.15) is 0 Å². The fourth-order valence-corrected chi connectivity index (χ4v) is 1.68. The van der Waals surface area contributed by atoms with Crippen molar-refractivity contribution in [2.75, 3.05) is 5.32 Å². The number of aromatic nitrogens is 2. The predicted molar refractivity (Wildman–Crippen MR) is 72.5 cm³/mol. The first-order valence-electron chi connectivity index (χ1n) is 5.74. The van der Waals surface area contributed by atoms with Crippen LogP contribution in [0.1, 0.15) is 11.4 Å². The normalized spacial score (nSPS) is 11.3. The molecule has 9 nitrogen and oxygen atoms in total. The average molecular weight is 330 g/mol. The summed E-state index contributed by atoms with van der Waals surface area (Å²) in [6, 6.07) is 3.74. The topological polar surface area (TPSA) is 133 Å². The van der Waals surface area contributed by atoms with Crippen molar-refractivity contribution < 1.29 is 24.1 Å². The minimum atomic E-state index is -1.27. The second-order valence-electron chi connectivity index (χ2n) is 3.92. The van der Waals surface area contributed by atoms with Gasteiger partial charge in [-0.1, -0.05) is 21.9 Å². The molecule has 4 N–H and O–H groups in total. The minimum absolute atomic E-state index is 0.0169. The summed E-state index contributed by atoms with van der Waals surface area (Å²) in [7, 11) is 0. The van der Waals surface area contributed by atoms with Crippen molar-refractivity contribution in [2.45, 2.75) is 6.54 Å². The van der Waals surface area contributed by atoms with E-state index in [4.69, 9.17) is 21.9 Å². The molecule has 0 saturated heterocycles. The van der Waals surface area contributed by atoms with Crippen LogP contribution in [0.4, 0.5) is 14.9 Å². The second-order valence-corrected chi connectivity index (χ2v) is 4.33. The van der Waals surface area contributed by atoms with E-state index in [1.165, 1.54) is 12.1 Å². The highest BCUT2D eigenvalue weighted by Gasteiger charge is 2.18. The molecule has 1 aromatic heterocycles. The van der Waals surface area contributed by atoms with Crippen molar-refractivity contribution in [2.24, 2.45) is 5.16 Å². The molecule has 2 aromatic rings. The van der Waals surface area contributed by atoms with Gasteiger partial charge in [-0.3, -0.25) is 0 Å². The van der Waals surface area contributed by atoms with E-state index >= 15 is 0 Å². The molecular formula is C11H9ClFN5O4. The Labute approximate surface area is 127 Å². The molecule has 0 aliphatic carbocycles. The summed E-state index contributed by atoms with van der Waals surface area (Å²) in [4.78, 5) is 10.5. The van der Waals surface area contributed by atoms with Crippen molar-refractivity contribution in [3.8, 4) is 0 Å². The monoisotopic (exact) mass is 329 g/mol. The summed E-state index contributed by atoms with van der Waals surface area (Å²) < 4.78 is 17.6. The van der Waals surface area contributed by atoms with Crippen molar-refractivity contribution in [3.63, 3.8) is 0 Å². The highest BCUT2D eigenvalue weighted by Crippen LogP contribution is 2.20. The predicted octanol–water partition coefficient (Wildman–Crippen LogP) is 1.88. The van der Waals surface area contributed by atoms with Crippen LogP contribution >= 0.6 is 11.6 Å². The molecule has 1 heterocycles. The number of nitrogens with one attached hydrogen (secondary N) is 2. The number of oxime groups is 1. The van der Waals surface area contributed by atoms with Gasteiger partial charge < -0.3 is 20.9 Å². The van der Waals surface area contributed by atoms with Gasteiger partial charge in [0.05, 0.1) is 11.6 Å². The number of hydrogen-bond acceptors (Lipinski definition) is 6. The molecule has 1 amide bonds. The molecule has 0 aliphatic heterocycles. The highest BCUT2D eigenvalue weighted by molar-refractivity contribution is 6.31. The standard InChI is InChI=1S/C11H9ClFN5O4/c12-6-3-5(1-2-7(6)13)15-10(16-21)9-8(17-22-18-9)4-14-11(19)20/h1-3,14,21H,4H2,(H,15,16)(H,19,20). The zero-order valence-corrected chi connectivity index (χ0v) is 11.5. The van der Waals surface area contributed by atoms with E-state index in [2.05, 4.69) is 30.7 Å². The lowest BCUT2D eigenvalue weighted by Crippen LogP contribution is -2.23. The van der Waals surface area contributed by atoms with Crippen LogP contribution in [0.3, 0.4) is 0 Å². The Bertz CT molecular complexity index is 720. The Hall–Kier alpha value is -2.88. The average Bonchev–Trinajstić information content (AvgIpc) is 2.94. The van der Waals surface area contributed by atoms with Crippen molar-refractivity contribution >= 4 is 29.2 Å². The zero-order chi connectivity index (χ0) is 16.1. The van der Waals surface area contributed by atoms with E-state index < -0.39 is 11.9 Å². The van der Waals surface area contributed by atoms with E-state index in [0.29, 0.717) is 5.69 Å². The smallest absolute Gasteiger partial charge is 0.404 e. The number of carbonyl (C=O) groups is 1. The quantitative estimate of drug-likeness (QED) is 0.291. The summed E-state index contributed by atoms with van der Waals surface area (Å²) >= 11 is 5.64. The minimum Gasteiger partial charge on any atom is -0.465 e. The van der Waals surface area contributed by atoms with Crippen LogP contribution in [0.5, 0.6) is 0 Å². The van der Waals surface area contributed by atoms with Gasteiger partial charge in [0.2, 0.25) is 5.84 Å². The van der Waals surface area contributed by atoms with Gasteiger partial charge in [0.1, 0.15) is 11.5 Å². The number of anilines is 1. The molecule has 0 fully saturated rings. The highest BCUT2D eigenvalue weighted by atomic mass is 35.5. The Balaban J connectivity index is 2.20. The van der Waals surface area contributed by atoms with Crippen LogP contribution in [0, 0.1) is 5.82 Å². The lowest BCUT2D eigenvalue weighted by Gasteiger charge is -2.07. The van der Waals surface area contributed by atoms with Gasteiger partial charge >= 0.3 is 6.09 Å². The molecule has 116 valence electrons. The fourth-order valence-electron chi connectivity index (χ4n) is 1.50. The fraction of sp³-hybridized carbons (Fsp3) is 0.0909. The summed E-state index contributed by atoms with van der Waals surface area (Å²) in [6.07, 6.45) is -1.27. The molecule has 0 bridgehead atoms. The van der Waals surface area contributed by atoms with Crippen LogP contribution in [-0.2, 0) is 6.54 Å². The van der Waals surface area contributed by atoms with E-state index in [-0.39, 0.29) is 28.8 Å². The van der Waals surface area contributed by atoms with Gasteiger partial charge in [-0.25, -0.2) is 13.8 Å². The largest absolute Gasteiger partial charge is 0.465 e. The Morgan fingerprint density at radius 3 is 2.86 bits per heavy atom. The third kappa shape index (κ3) is 3.61. The van der Waals surface area contributed by atoms with Gasteiger partial charge in [0.25, 0.3) is 0 Å². The number of amidine groups is 1. The van der Waals surface area contributed by atoms with Crippen LogP contribution in [0.15, 0.2) is 28.0 Å². The summed E-state index contributed by atoms with van der Waals surface area (Å²) in [6.45, 7) is -0.209. The first-order valence-corrected chi connectivity index (χ1v) is 6.11. The van der Waals surface area contributed by atoms with Crippen molar-refractivity contribution in [1.82, 2.24) is 15.6 Å². The third-order valence-corrected chi connectivity index (χ3v) is 2.76. The van der Waals surface area contributed by atoms with E-state index in [1.54, 1.807) is 0 Å². The van der Waals surface area contributed by atoms with E-state index in [1.807, 2.05) is 0 Å². The molecule has 0 spiro atoms. The number of halogens is 2. The first-order chi connectivity index (χ1) is 10.5. The lowest BCUT2D eigenvalue weighted by atomic mass is 10.2. The molecule has 0 radical (unpaired) electrons. The number of carboxylic acid groups (broad SMARTS) is 1. The molecular weight excluding hydrogens is 321 g/mol. The van der Waals surface area contributed by atoms with Crippen molar-refractivity contribution in [1.29, 1.82) is 0 Å². The zero-order valence-electron chi connectivity index (χ0n) is 10.7. The maximum absolute atomic E-state index is 13.1. The maximum atomic E-state index is 13.1. The number of amides is 1. The molecule has 0 atom stereocenters. The number of benzene rings is 1. The lowest BCUT2D eigenvalue weighted by molar-refractivity contribution is 0.193. The van der Waals surface area contributed by atoms with Crippen molar-refractivity contribution in [3.05, 3.63) is 40.4 Å². The van der Waals surface area contributed by atoms with Gasteiger partial charge in [0, 0.05) is 5.69 Å². The molecule has 0 unspecified atom stereocenters. The van der Waals surface area contributed by atoms with E-state index in [0.717, 1.165) is 6.07 Å². The van der Waals surface area contributed by atoms with E-state index in [9.17, 15) is 9.18 Å². The Morgan fingerprint density at radius 2 is 2.23 bits per heavy atom. The van der Waals surface area contributed by atoms with Crippen LogP contribution in [0.2, 0.25) is 5.02 Å².